The van der Waals surface area contributed by atoms with Crippen molar-refractivity contribution < 1.29 is 24.9 Å². The Morgan fingerprint density at radius 3 is 2.62 bits per heavy atom. The topological polar surface area (TPSA) is 138 Å². The predicted octanol–water partition coefficient (Wildman–Crippen LogP) is -1.63. The van der Waals surface area contributed by atoms with Gasteiger partial charge in [-0.3, -0.25) is 14.4 Å². The van der Waals surface area contributed by atoms with Crippen LogP contribution in [-0.4, -0.2) is 78.4 Å². The van der Waals surface area contributed by atoms with Gasteiger partial charge in [-0.05, 0) is 25.0 Å². The molecule has 2 aliphatic heterocycles. The molecule has 10 nitrogen and oxygen atoms in total. The minimum Gasteiger partial charge on any atom is -0.354 e. The second kappa shape index (κ2) is 9.37. The van der Waals surface area contributed by atoms with Gasteiger partial charge in [0.1, 0.15) is 12.1 Å². The van der Waals surface area contributed by atoms with Crippen LogP contribution in [-0.2, 0) is 14.4 Å². The van der Waals surface area contributed by atoms with Crippen molar-refractivity contribution >= 4 is 29.4 Å². The van der Waals surface area contributed by atoms with Gasteiger partial charge < -0.3 is 31.5 Å². The van der Waals surface area contributed by atoms with Crippen molar-refractivity contribution in [3.8, 4) is 0 Å². The first-order valence-electron chi connectivity index (χ1n) is 9.77. The minimum atomic E-state index is -0.866. The molecule has 1 aromatic rings. The number of nitrogens with one attached hydrogen (secondary N) is 3. The van der Waals surface area contributed by atoms with Crippen molar-refractivity contribution in [2.45, 2.75) is 24.9 Å². The number of piperazine rings is 1. The summed E-state index contributed by atoms with van der Waals surface area (Å²) in [6, 6.07) is 7.18. The smallest absolute Gasteiger partial charge is 0.321 e. The number of amides is 5. The molecule has 10 heteroatoms. The molecule has 2 fully saturated rings. The Bertz CT molecular complexity index is 771. The van der Waals surface area contributed by atoms with Crippen LogP contribution in [0.1, 0.15) is 12.8 Å². The molecule has 6 N–H and O–H groups in total. The normalized spacial score (nSPS) is 21.9. The van der Waals surface area contributed by atoms with E-state index in [2.05, 4.69) is 21.7 Å². The number of carbonyl (C=O) groups excluding carboxylic acids is 4. The van der Waals surface area contributed by atoms with Gasteiger partial charge in [0.25, 0.3) is 5.91 Å². The van der Waals surface area contributed by atoms with E-state index in [0.717, 1.165) is 6.42 Å². The van der Waals surface area contributed by atoms with Gasteiger partial charge in [-0.2, -0.15) is 0 Å². The number of anilines is 1. The Kier molecular flexibility index (Phi) is 6.65. The second-order valence-electron chi connectivity index (χ2n) is 7.09. The number of piperidine rings is 1. The number of hydrogen-bond donors (Lipinski definition) is 4. The van der Waals surface area contributed by atoms with Crippen molar-refractivity contribution in [1.29, 1.82) is 0 Å². The third-order valence-corrected chi connectivity index (χ3v) is 5.13. The van der Waals surface area contributed by atoms with Gasteiger partial charge >= 0.3 is 6.03 Å². The summed E-state index contributed by atoms with van der Waals surface area (Å²) in [7, 11) is 0. The lowest BCUT2D eigenvalue weighted by atomic mass is 10.1. The molecule has 156 valence electrons. The van der Waals surface area contributed by atoms with Gasteiger partial charge in [0.2, 0.25) is 11.8 Å². The first kappa shape index (κ1) is 20.6. The van der Waals surface area contributed by atoms with E-state index in [1.807, 2.05) is 18.2 Å². The van der Waals surface area contributed by atoms with Crippen molar-refractivity contribution in [3.05, 3.63) is 30.3 Å². The average Bonchev–Trinajstić information content (AvgIpc) is 2.75. The number of quaternary nitrogens is 1. The minimum absolute atomic E-state index is 0.0178. The standard InChI is InChI=1S/C19H26N6O4/c20-11-16(26)25-10-9-24(19(29)22-13-5-2-1-3-6-13)12-15(25)18(28)23-14-7-4-8-21-17(14)27/h1-3,5-6,14-15H,4,7-12,20H2,(H,21,27)(H,22,29)(H,23,28)/p+1/t14-,15+/m0/s1. The maximum Gasteiger partial charge on any atom is 0.321 e. The molecule has 3 rings (SSSR count). The lowest BCUT2D eigenvalue weighted by molar-refractivity contribution is -0.357. The molecule has 2 heterocycles. The van der Waals surface area contributed by atoms with Gasteiger partial charge in [0, 0.05) is 25.3 Å². The van der Waals surface area contributed by atoms with Crippen LogP contribution in [0, 0.1) is 0 Å². The molecule has 1 aromatic carbocycles. The molecule has 0 aromatic heterocycles. The number of para-hydroxylation sites is 1. The van der Waals surface area contributed by atoms with E-state index in [-0.39, 0.29) is 37.5 Å². The summed E-state index contributed by atoms with van der Waals surface area (Å²) in [6.45, 7) is 1.19. The highest BCUT2D eigenvalue weighted by Crippen LogP contribution is 2.14. The second-order valence-corrected chi connectivity index (χ2v) is 7.09. The van der Waals surface area contributed by atoms with Gasteiger partial charge in [0.15, 0.2) is 6.54 Å². The summed E-state index contributed by atoms with van der Waals surface area (Å²) in [4.78, 5) is 52.7. The number of urea groups is 1. The lowest BCUT2D eigenvalue weighted by Gasteiger charge is -2.40. The van der Waals surface area contributed by atoms with Gasteiger partial charge in [-0.25, -0.2) is 4.79 Å². The van der Waals surface area contributed by atoms with Gasteiger partial charge in [0.05, 0.1) is 6.54 Å². The summed E-state index contributed by atoms with van der Waals surface area (Å²) in [5.74, 6) is -0.929. The van der Waals surface area contributed by atoms with Gasteiger partial charge in [-0.1, -0.05) is 18.2 Å². The fourth-order valence-corrected chi connectivity index (χ4v) is 3.54. The fraction of sp³-hybridized carbons (Fsp3) is 0.474. The van der Waals surface area contributed by atoms with E-state index in [9.17, 15) is 19.2 Å². The zero-order chi connectivity index (χ0) is 20.8. The predicted molar refractivity (Wildman–Crippen MR) is 104 cm³/mol. The van der Waals surface area contributed by atoms with Crippen LogP contribution in [0.3, 0.4) is 0 Å². The van der Waals surface area contributed by atoms with E-state index < -0.39 is 18.0 Å². The number of carbonyl (C=O) groups is 4. The summed E-state index contributed by atoms with van der Waals surface area (Å²) < 4.78 is 0. The van der Waals surface area contributed by atoms with E-state index in [1.165, 1.54) is 9.80 Å². The summed E-state index contributed by atoms with van der Waals surface area (Å²) in [5.41, 5.74) is 4.26. The Balaban J connectivity index is 1.69. The quantitative estimate of drug-likeness (QED) is 0.479. The number of hydrogen-bond acceptors (Lipinski definition) is 4. The molecule has 5 amide bonds. The fourth-order valence-electron chi connectivity index (χ4n) is 3.54. The Morgan fingerprint density at radius 2 is 1.93 bits per heavy atom. The monoisotopic (exact) mass is 403 g/mol. The number of benzene rings is 1. The molecular formula is C19H27N6O4+. The molecule has 0 radical (unpaired) electrons. The van der Waals surface area contributed by atoms with Crippen LogP contribution < -0.4 is 21.7 Å². The number of nitrogens with zero attached hydrogens (tertiary/aromatic N) is 2. The summed E-state index contributed by atoms with van der Waals surface area (Å²) >= 11 is 0. The molecule has 0 saturated carbocycles. The highest BCUT2D eigenvalue weighted by molar-refractivity contribution is 5.94. The van der Waals surface area contributed by atoms with Crippen LogP contribution in [0.15, 0.2) is 30.3 Å². The SMILES string of the molecule is [NH3+]CC(=O)N1CCN(C(=O)Nc2ccccc2)C[C@@H]1C(=O)N[C@H]1CCCNC1=O. The van der Waals surface area contributed by atoms with E-state index in [4.69, 9.17) is 0 Å². The van der Waals surface area contributed by atoms with Crippen LogP contribution in [0.2, 0.25) is 0 Å². The molecule has 2 aliphatic rings. The van der Waals surface area contributed by atoms with Crippen LogP contribution in [0.5, 0.6) is 0 Å². The molecule has 0 aliphatic carbocycles. The van der Waals surface area contributed by atoms with Crippen LogP contribution in [0.25, 0.3) is 0 Å². The highest BCUT2D eigenvalue weighted by atomic mass is 16.2. The van der Waals surface area contributed by atoms with Crippen LogP contribution in [0.4, 0.5) is 10.5 Å². The highest BCUT2D eigenvalue weighted by Gasteiger charge is 2.38. The van der Waals surface area contributed by atoms with Crippen molar-refractivity contribution in [3.63, 3.8) is 0 Å². The molecule has 0 bridgehead atoms. The molecule has 2 atom stereocenters. The molecule has 2 saturated heterocycles. The van der Waals surface area contributed by atoms with E-state index >= 15 is 0 Å². The summed E-state index contributed by atoms with van der Waals surface area (Å²) in [6.07, 6.45) is 1.32. The van der Waals surface area contributed by atoms with Crippen LogP contribution >= 0.6 is 0 Å². The third kappa shape index (κ3) is 5.02. The molecule has 0 spiro atoms. The Hall–Kier alpha value is -3.14. The maximum atomic E-state index is 12.9. The first-order chi connectivity index (χ1) is 14.0. The number of rotatable bonds is 4. The lowest BCUT2D eigenvalue weighted by Crippen LogP contribution is -2.67. The maximum absolute atomic E-state index is 12.9. The third-order valence-electron chi connectivity index (χ3n) is 5.13. The Labute approximate surface area is 168 Å². The largest absolute Gasteiger partial charge is 0.354 e. The van der Waals surface area contributed by atoms with Gasteiger partial charge in [-0.15, -0.1) is 0 Å². The van der Waals surface area contributed by atoms with Crippen molar-refractivity contribution in [2.75, 3.05) is 38.0 Å². The van der Waals surface area contributed by atoms with E-state index in [1.54, 1.807) is 12.1 Å². The molecular weight excluding hydrogens is 376 g/mol. The van der Waals surface area contributed by atoms with Crippen molar-refractivity contribution in [1.82, 2.24) is 20.4 Å². The molecule has 0 unspecified atom stereocenters. The van der Waals surface area contributed by atoms with Crippen molar-refractivity contribution in [2.24, 2.45) is 0 Å². The Morgan fingerprint density at radius 1 is 1.17 bits per heavy atom. The van der Waals surface area contributed by atoms with E-state index in [0.29, 0.717) is 25.2 Å². The zero-order valence-electron chi connectivity index (χ0n) is 16.2. The first-order valence-corrected chi connectivity index (χ1v) is 9.77. The molecule has 29 heavy (non-hydrogen) atoms. The zero-order valence-corrected chi connectivity index (χ0v) is 16.2. The summed E-state index contributed by atoms with van der Waals surface area (Å²) in [5, 5.41) is 8.25. The average molecular weight is 403 g/mol.